The number of carbonyl (C=O) groups excluding carboxylic acids is 1. The van der Waals surface area contributed by atoms with Crippen LogP contribution < -0.4 is 9.54 Å². The molecule has 0 saturated heterocycles. The fourth-order valence-electron chi connectivity index (χ4n) is 2.49. The predicted octanol–water partition coefficient (Wildman–Crippen LogP) is 3.70. The summed E-state index contributed by atoms with van der Waals surface area (Å²) in [6.07, 6.45) is 1.81. The molecule has 0 aliphatic carbocycles. The summed E-state index contributed by atoms with van der Waals surface area (Å²) >= 11 is 1.50. The Morgan fingerprint density at radius 1 is 1.25 bits per heavy atom. The van der Waals surface area contributed by atoms with E-state index in [1.807, 2.05) is 53.1 Å². The first-order valence-electron chi connectivity index (χ1n) is 7.64. The molecule has 1 aromatic heterocycles. The van der Waals surface area contributed by atoms with Gasteiger partial charge in [0.2, 0.25) is 0 Å². The number of allylic oxidation sites excluding steroid dienone is 1. The van der Waals surface area contributed by atoms with Crippen molar-refractivity contribution in [1.82, 2.24) is 4.57 Å². The van der Waals surface area contributed by atoms with Crippen molar-refractivity contribution in [3.8, 4) is 5.75 Å². The van der Waals surface area contributed by atoms with Crippen molar-refractivity contribution in [2.24, 2.45) is 4.99 Å². The SMILES string of the molecule is C=CCn1c(=NC(=O)COc2ccccc2)sc2cccc(C)c21. The first-order chi connectivity index (χ1) is 11.7. The number of hydrogen-bond acceptors (Lipinski definition) is 3. The van der Waals surface area contributed by atoms with Gasteiger partial charge in [0.05, 0.1) is 10.2 Å². The molecule has 0 bridgehead atoms. The van der Waals surface area contributed by atoms with E-state index in [-0.39, 0.29) is 12.5 Å². The lowest BCUT2D eigenvalue weighted by Gasteiger charge is -2.04. The zero-order valence-corrected chi connectivity index (χ0v) is 14.3. The average molecular weight is 338 g/mol. The first kappa shape index (κ1) is 16.2. The Kier molecular flexibility index (Phi) is 4.91. The van der Waals surface area contributed by atoms with Gasteiger partial charge in [-0.3, -0.25) is 4.79 Å². The largest absolute Gasteiger partial charge is 0.484 e. The number of hydrogen-bond donors (Lipinski definition) is 0. The summed E-state index contributed by atoms with van der Waals surface area (Å²) in [4.78, 5) is 17.1. The standard InChI is InChI=1S/C19H18N2O2S/c1-3-12-21-18-14(2)8-7-11-16(18)24-19(21)20-17(22)13-23-15-9-5-4-6-10-15/h3-11H,1,12-13H2,2H3. The summed E-state index contributed by atoms with van der Waals surface area (Å²) in [7, 11) is 0. The molecular weight excluding hydrogens is 320 g/mol. The van der Waals surface area contributed by atoms with E-state index in [1.165, 1.54) is 11.3 Å². The van der Waals surface area contributed by atoms with Crippen molar-refractivity contribution in [3.05, 3.63) is 71.6 Å². The minimum atomic E-state index is -0.305. The molecule has 5 heteroatoms. The molecule has 24 heavy (non-hydrogen) atoms. The second kappa shape index (κ2) is 7.27. The van der Waals surface area contributed by atoms with Crippen LogP contribution in [-0.4, -0.2) is 17.1 Å². The molecule has 0 atom stereocenters. The van der Waals surface area contributed by atoms with E-state index < -0.39 is 0 Å². The van der Waals surface area contributed by atoms with Gasteiger partial charge in [0, 0.05) is 6.54 Å². The summed E-state index contributed by atoms with van der Waals surface area (Å²) < 4.78 is 8.59. The van der Waals surface area contributed by atoms with Crippen molar-refractivity contribution >= 4 is 27.5 Å². The third kappa shape index (κ3) is 3.46. The molecule has 0 aliphatic heterocycles. The number of amides is 1. The summed E-state index contributed by atoms with van der Waals surface area (Å²) in [6, 6.07) is 15.4. The van der Waals surface area contributed by atoms with Crippen LogP contribution in [0.25, 0.3) is 10.2 Å². The third-order valence-corrected chi connectivity index (χ3v) is 4.58. The normalized spacial score (nSPS) is 11.6. The van der Waals surface area contributed by atoms with E-state index in [1.54, 1.807) is 0 Å². The van der Waals surface area contributed by atoms with Crippen LogP contribution in [0.1, 0.15) is 5.56 Å². The van der Waals surface area contributed by atoms with Crippen LogP contribution in [-0.2, 0) is 11.3 Å². The molecule has 0 N–H and O–H groups in total. The molecule has 122 valence electrons. The molecule has 1 heterocycles. The van der Waals surface area contributed by atoms with Gasteiger partial charge in [-0.05, 0) is 30.7 Å². The fraction of sp³-hybridized carbons (Fsp3) is 0.158. The Bertz CT molecular complexity index is 939. The second-order valence-corrected chi connectivity index (χ2v) is 6.32. The van der Waals surface area contributed by atoms with Gasteiger partial charge in [0.25, 0.3) is 5.91 Å². The molecule has 0 fully saturated rings. The van der Waals surface area contributed by atoms with Crippen LogP contribution in [0.2, 0.25) is 0 Å². The Balaban J connectivity index is 1.91. The summed E-state index contributed by atoms with van der Waals surface area (Å²) in [5, 5.41) is 0. The predicted molar refractivity (Wildman–Crippen MR) is 97.3 cm³/mol. The van der Waals surface area contributed by atoms with Gasteiger partial charge in [0.1, 0.15) is 5.75 Å². The van der Waals surface area contributed by atoms with Crippen LogP contribution in [0, 0.1) is 6.92 Å². The third-order valence-electron chi connectivity index (χ3n) is 3.54. The number of ether oxygens (including phenoxy) is 1. The van der Waals surface area contributed by atoms with Gasteiger partial charge in [0.15, 0.2) is 11.4 Å². The lowest BCUT2D eigenvalue weighted by Crippen LogP contribution is -2.19. The van der Waals surface area contributed by atoms with Gasteiger partial charge >= 0.3 is 0 Å². The van der Waals surface area contributed by atoms with Crippen molar-refractivity contribution in [2.75, 3.05) is 6.61 Å². The molecule has 2 aromatic carbocycles. The lowest BCUT2D eigenvalue weighted by atomic mass is 10.2. The van der Waals surface area contributed by atoms with E-state index in [2.05, 4.69) is 24.6 Å². The van der Waals surface area contributed by atoms with Gasteiger partial charge in [-0.1, -0.05) is 47.7 Å². The average Bonchev–Trinajstić information content (AvgIpc) is 2.93. The minimum Gasteiger partial charge on any atom is -0.484 e. The van der Waals surface area contributed by atoms with E-state index in [0.717, 1.165) is 15.8 Å². The molecule has 3 aromatic rings. The molecule has 4 nitrogen and oxygen atoms in total. The monoisotopic (exact) mass is 338 g/mol. The lowest BCUT2D eigenvalue weighted by molar-refractivity contribution is -0.120. The number of fused-ring (bicyclic) bond motifs is 1. The maximum Gasteiger partial charge on any atom is 0.286 e. The number of rotatable bonds is 5. The number of aryl methyl sites for hydroxylation is 1. The van der Waals surface area contributed by atoms with Crippen LogP contribution in [0.4, 0.5) is 0 Å². The molecule has 0 spiro atoms. The maximum absolute atomic E-state index is 12.2. The highest BCUT2D eigenvalue weighted by Gasteiger charge is 2.09. The Morgan fingerprint density at radius 2 is 2.04 bits per heavy atom. The van der Waals surface area contributed by atoms with Crippen LogP contribution in [0.15, 0.2) is 66.2 Å². The van der Waals surface area contributed by atoms with E-state index in [0.29, 0.717) is 17.1 Å². The highest BCUT2D eigenvalue weighted by molar-refractivity contribution is 7.16. The summed E-state index contributed by atoms with van der Waals surface area (Å²) in [5.41, 5.74) is 2.25. The van der Waals surface area contributed by atoms with Crippen molar-refractivity contribution < 1.29 is 9.53 Å². The van der Waals surface area contributed by atoms with Gasteiger partial charge in [-0.2, -0.15) is 4.99 Å². The fourth-order valence-corrected chi connectivity index (χ4v) is 3.63. The van der Waals surface area contributed by atoms with Crippen LogP contribution >= 0.6 is 11.3 Å². The topological polar surface area (TPSA) is 43.6 Å². The highest BCUT2D eigenvalue weighted by Crippen LogP contribution is 2.20. The minimum absolute atomic E-state index is 0.0780. The quantitative estimate of drug-likeness (QED) is 0.666. The van der Waals surface area contributed by atoms with Gasteiger partial charge in [-0.25, -0.2) is 0 Å². The van der Waals surface area contributed by atoms with Crippen LogP contribution in [0.3, 0.4) is 0 Å². The first-order valence-corrected chi connectivity index (χ1v) is 8.46. The Hall–Kier alpha value is -2.66. The molecule has 3 rings (SSSR count). The molecule has 0 saturated carbocycles. The number of thiazole rings is 1. The van der Waals surface area contributed by atoms with E-state index in [9.17, 15) is 4.79 Å². The Labute approximate surface area is 144 Å². The summed E-state index contributed by atoms with van der Waals surface area (Å²) in [5.74, 6) is 0.355. The summed E-state index contributed by atoms with van der Waals surface area (Å²) in [6.45, 7) is 6.38. The number of benzene rings is 2. The van der Waals surface area contributed by atoms with Crippen molar-refractivity contribution in [1.29, 1.82) is 0 Å². The number of nitrogens with zero attached hydrogens (tertiary/aromatic N) is 2. The van der Waals surface area contributed by atoms with E-state index in [4.69, 9.17) is 4.74 Å². The smallest absolute Gasteiger partial charge is 0.286 e. The van der Waals surface area contributed by atoms with Gasteiger partial charge < -0.3 is 9.30 Å². The molecule has 0 radical (unpaired) electrons. The zero-order chi connectivity index (χ0) is 16.9. The molecule has 0 aliphatic rings. The second-order valence-electron chi connectivity index (χ2n) is 5.31. The number of aromatic nitrogens is 1. The molecule has 0 unspecified atom stereocenters. The Morgan fingerprint density at radius 3 is 2.79 bits per heavy atom. The maximum atomic E-state index is 12.2. The molecule has 1 amide bonds. The number of para-hydroxylation sites is 2. The van der Waals surface area contributed by atoms with Crippen molar-refractivity contribution in [3.63, 3.8) is 0 Å². The van der Waals surface area contributed by atoms with E-state index >= 15 is 0 Å². The van der Waals surface area contributed by atoms with Crippen LogP contribution in [0.5, 0.6) is 5.75 Å². The highest BCUT2D eigenvalue weighted by atomic mass is 32.1. The van der Waals surface area contributed by atoms with Gasteiger partial charge in [-0.15, -0.1) is 6.58 Å². The van der Waals surface area contributed by atoms with Crippen molar-refractivity contribution in [2.45, 2.75) is 13.5 Å². The molecular formula is C19H18N2O2S. The zero-order valence-electron chi connectivity index (χ0n) is 13.4. The number of carbonyl (C=O) groups is 1.